The summed E-state index contributed by atoms with van der Waals surface area (Å²) in [6.45, 7) is 8.16. The van der Waals surface area contributed by atoms with Gasteiger partial charge in [-0.2, -0.15) is 5.10 Å². The Morgan fingerprint density at radius 1 is 1.32 bits per heavy atom. The van der Waals surface area contributed by atoms with E-state index in [1.807, 2.05) is 11.7 Å². The van der Waals surface area contributed by atoms with Gasteiger partial charge in [0.1, 0.15) is 0 Å². The van der Waals surface area contributed by atoms with Gasteiger partial charge in [0.15, 0.2) is 0 Å². The Balaban J connectivity index is 2.51. The lowest BCUT2D eigenvalue weighted by molar-refractivity contribution is 0.443. The van der Waals surface area contributed by atoms with Gasteiger partial charge >= 0.3 is 0 Å². The molecule has 0 amide bonds. The Kier molecular flexibility index (Phi) is 7.40. The van der Waals surface area contributed by atoms with Gasteiger partial charge in [0.25, 0.3) is 0 Å². The van der Waals surface area contributed by atoms with Gasteiger partial charge in [0.2, 0.25) is 0 Å². The zero-order chi connectivity index (χ0) is 14.4. The normalized spacial score (nSPS) is 13.2. The molecule has 5 heteroatoms. The Labute approximate surface area is 130 Å². The van der Waals surface area contributed by atoms with Crippen molar-refractivity contribution >= 4 is 27.5 Å². The molecule has 1 rings (SSSR count). The minimum absolute atomic E-state index is 0.202. The minimum Gasteiger partial charge on any atom is -0.310 e. The van der Waals surface area contributed by atoms with Gasteiger partial charge in [-0.05, 0) is 28.3 Å². The summed E-state index contributed by atoms with van der Waals surface area (Å²) in [4.78, 5) is 0. The maximum Gasteiger partial charge on any atom is 0.0767 e. The highest BCUT2D eigenvalue weighted by Gasteiger charge is 2.16. The fourth-order valence-electron chi connectivity index (χ4n) is 2.31. The van der Waals surface area contributed by atoms with Crippen LogP contribution in [0.25, 0.3) is 0 Å². The average Bonchev–Trinajstić information content (AvgIpc) is 2.67. The van der Waals surface area contributed by atoms with E-state index in [-0.39, 0.29) is 5.38 Å². The number of hydrogen-bond acceptors (Lipinski definition) is 2. The number of aromatic nitrogens is 2. The highest BCUT2D eigenvalue weighted by Crippen LogP contribution is 2.22. The van der Waals surface area contributed by atoms with Gasteiger partial charge in [-0.25, -0.2) is 0 Å². The second-order valence-electron chi connectivity index (χ2n) is 4.91. The van der Waals surface area contributed by atoms with Crippen LogP contribution in [0.2, 0.25) is 0 Å². The first-order valence-corrected chi connectivity index (χ1v) is 8.32. The number of nitrogens with one attached hydrogen (secondary N) is 1. The second kappa shape index (κ2) is 8.28. The van der Waals surface area contributed by atoms with E-state index in [0.29, 0.717) is 5.92 Å². The van der Waals surface area contributed by atoms with Crippen molar-refractivity contribution in [3.8, 4) is 0 Å². The third-order valence-electron chi connectivity index (χ3n) is 3.70. The molecule has 0 saturated heterocycles. The van der Waals surface area contributed by atoms with Crippen molar-refractivity contribution in [1.29, 1.82) is 0 Å². The summed E-state index contributed by atoms with van der Waals surface area (Å²) in [5.41, 5.74) is 2.30. The molecule has 0 spiro atoms. The van der Waals surface area contributed by atoms with E-state index in [9.17, 15) is 0 Å². The maximum atomic E-state index is 6.43. The molecule has 0 radical (unpaired) electrons. The summed E-state index contributed by atoms with van der Waals surface area (Å²) in [6, 6.07) is 0. The minimum atomic E-state index is 0.202. The lowest BCUT2D eigenvalue weighted by atomic mass is 9.99. The van der Waals surface area contributed by atoms with E-state index in [2.05, 4.69) is 47.1 Å². The highest BCUT2D eigenvalue weighted by molar-refractivity contribution is 9.10. The Morgan fingerprint density at radius 3 is 2.42 bits per heavy atom. The van der Waals surface area contributed by atoms with Crippen LogP contribution in [0.15, 0.2) is 4.47 Å². The standard InChI is InChI=1S/C14H25BrClN3/c1-5-10(6-2)11(16)8-17-9-13-14(15)12(7-3)18-19(13)4/h10-11,17H,5-9H2,1-4H3. The zero-order valence-electron chi connectivity index (χ0n) is 12.3. The van der Waals surface area contributed by atoms with Gasteiger partial charge < -0.3 is 5.32 Å². The monoisotopic (exact) mass is 349 g/mol. The fourth-order valence-corrected chi connectivity index (χ4v) is 3.53. The molecule has 0 aliphatic carbocycles. The zero-order valence-corrected chi connectivity index (χ0v) is 14.7. The van der Waals surface area contributed by atoms with Crippen molar-refractivity contribution in [3.63, 3.8) is 0 Å². The molecule has 1 aromatic heterocycles. The summed E-state index contributed by atoms with van der Waals surface area (Å²) in [7, 11) is 1.99. The molecule has 0 aliphatic heterocycles. The third-order valence-corrected chi connectivity index (χ3v) is 5.12. The first-order chi connectivity index (χ1) is 9.04. The summed E-state index contributed by atoms with van der Waals surface area (Å²) in [5.74, 6) is 0.593. The predicted octanol–water partition coefficient (Wildman–Crippen LogP) is 3.88. The van der Waals surface area contributed by atoms with Gasteiger partial charge in [-0.1, -0.05) is 33.6 Å². The molecule has 1 atom stereocenters. The van der Waals surface area contributed by atoms with E-state index in [4.69, 9.17) is 11.6 Å². The third kappa shape index (κ3) is 4.47. The lowest BCUT2D eigenvalue weighted by Crippen LogP contribution is -2.29. The predicted molar refractivity (Wildman–Crippen MR) is 85.7 cm³/mol. The van der Waals surface area contributed by atoms with E-state index in [0.717, 1.165) is 42.5 Å². The largest absolute Gasteiger partial charge is 0.310 e. The molecule has 1 N–H and O–H groups in total. The van der Waals surface area contributed by atoms with Gasteiger partial charge in [0, 0.05) is 25.5 Å². The topological polar surface area (TPSA) is 29.9 Å². The van der Waals surface area contributed by atoms with Gasteiger partial charge in [-0.3, -0.25) is 4.68 Å². The Bertz CT molecular complexity index is 388. The molecular weight excluding hydrogens is 326 g/mol. The van der Waals surface area contributed by atoms with Gasteiger partial charge in [0.05, 0.1) is 15.9 Å². The molecule has 110 valence electrons. The molecule has 0 saturated carbocycles. The number of aryl methyl sites for hydroxylation is 2. The molecule has 1 unspecified atom stereocenters. The smallest absolute Gasteiger partial charge is 0.0767 e. The second-order valence-corrected chi connectivity index (χ2v) is 6.26. The molecule has 0 fully saturated rings. The van der Waals surface area contributed by atoms with E-state index < -0.39 is 0 Å². The molecule has 0 aromatic carbocycles. The van der Waals surface area contributed by atoms with Crippen LogP contribution in [-0.2, 0) is 20.0 Å². The summed E-state index contributed by atoms with van der Waals surface area (Å²) >= 11 is 10.1. The quantitative estimate of drug-likeness (QED) is 0.721. The first kappa shape index (κ1) is 17.0. The van der Waals surface area contributed by atoms with Crippen LogP contribution < -0.4 is 5.32 Å². The number of alkyl halides is 1. The van der Waals surface area contributed by atoms with Crippen molar-refractivity contribution < 1.29 is 0 Å². The van der Waals surface area contributed by atoms with Gasteiger partial charge in [-0.15, -0.1) is 11.6 Å². The molecule has 3 nitrogen and oxygen atoms in total. The van der Waals surface area contributed by atoms with Crippen LogP contribution >= 0.6 is 27.5 Å². The fraction of sp³-hybridized carbons (Fsp3) is 0.786. The number of hydrogen-bond donors (Lipinski definition) is 1. The molecule has 19 heavy (non-hydrogen) atoms. The molecule has 0 aliphatic rings. The van der Waals surface area contributed by atoms with E-state index in [1.54, 1.807) is 0 Å². The highest BCUT2D eigenvalue weighted by atomic mass is 79.9. The van der Waals surface area contributed by atoms with Crippen molar-refractivity contribution in [3.05, 3.63) is 15.9 Å². The van der Waals surface area contributed by atoms with Crippen molar-refractivity contribution in [2.75, 3.05) is 6.54 Å². The van der Waals surface area contributed by atoms with Crippen LogP contribution in [0, 0.1) is 5.92 Å². The molecule has 1 heterocycles. The SMILES string of the molecule is CCc1nn(C)c(CNCC(Cl)C(CC)CC)c1Br. The van der Waals surface area contributed by atoms with Crippen LogP contribution in [0.1, 0.15) is 45.0 Å². The van der Waals surface area contributed by atoms with Crippen LogP contribution in [0.5, 0.6) is 0 Å². The van der Waals surface area contributed by atoms with Crippen LogP contribution in [0.3, 0.4) is 0 Å². The maximum absolute atomic E-state index is 6.43. The summed E-state index contributed by atoms with van der Waals surface area (Å²) in [6.07, 6.45) is 3.23. The number of halogens is 2. The molecular formula is C14H25BrClN3. The number of nitrogens with zero attached hydrogens (tertiary/aromatic N) is 2. The Hall–Kier alpha value is -0.0600. The number of rotatable bonds is 8. The van der Waals surface area contributed by atoms with E-state index >= 15 is 0 Å². The van der Waals surface area contributed by atoms with Crippen molar-refractivity contribution in [2.45, 2.75) is 52.0 Å². The van der Waals surface area contributed by atoms with Crippen molar-refractivity contribution in [1.82, 2.24) is 15.1 Å². The van der Waals surface area contributed by atoms with E-state index in [1.165, 1.54) is 5.69 Å². The molecule has 1 aromatic rings. The van der Waals surface area contributed by atoms with Crippen LogP contribution in [-0.4, -0.2) is 21.7 Å². The molecule has 0 bridgehead atoms. The Morgan fingerprint density at radius 2 is 1.95 bits per heavy atom. The first-order valence-electron chi connectivity index (χ1n) is 7.10. The van der Waals surface area contributed by atoms with Crippen molar-refractivity contribution in [2.24, 2.45) is 13.0 Å². The lowest BCUT2D eigenvalue weighted by Gasteiger charge is -2.19. The summed E-state index contributed by atoms with van der Waals surface area (Å²) < 4.78 is 3.06. The average molecular weight is 351 g/mol. The summed E-state index contributed by atoms with van der Waals surface area (Å²) in [5, 5.41) is 8.14. The van der Waals surface area contributed by atoms with Crippen LogP contribution in [0.4, 0.5) is 0 Å².